The van der Waals surface area contributed by atoms with Gasteiger partial charge in [0.15, 0.2) is 0 Å². The third kappa shape index (κ3) is 6.08. The zero-order chi connectivity index (χ0) is 24.6. The number of carbonyl (C=O) groups is 3. The molecule has 1 saturated carbocycles. The zero-order valence-electron chi connectivity index (χ0n) is 19.6. The first kappa shape index (κ1) is 24.5. The van der Waals surface area contributed by atoms with E-state index in [1.165, 1.54) is 16.2 Å². The van der Waals surface area contributed by atoms with Gasteiger partial charge in [0.25, 0.3) is 5.91 Å². The Bertz CT molecular complexity index is 1130. The largest absolute Gasteiger partial charge is 0.497 e. The van der Waals surface area contributed by atoms with E-state index < -0.39 is 11.9 Å². The number of methoxy groups -OCH3 is 1. The van der Waals surface area contributed by atoms with Gasteiger partial charge in [-0.1, -0.05) is 49.2 Å². The highest BCUT2D eigenvalue weighted by atomic mass is 32.1. The number of nitrogens with zero attached hydrogens (tertiary/aromatic N) is 1. The van der Waals surface area contributed by atoms with Crippen molar-refractivity contribution in [2.24, 2.45) is 0 Å². The average Bonchev–Trinajstić information content (AvgIpc) is 3.61. The van der Waals surface area contributed by atoms with Gasteiger partial charge in [0.1, 0.15) is 11.8 Å². The van der Waals surface area contributed by atoms with E-state index in [0.29, 0.717) is 21.9 Å². The van der Waals surface area contributed by atoms with E-state index in [9.17, 15) is 14.4 Å². The second kappa shape index (κ2) is 11.7. The predicted molar refractivity (Wildman–Crippen MR) is 137 cm³/mol. The fraction of sp³-hybridized carbons (Fsp3) is 0.296. The summed E-state index contributed by atoms with van der Waals surface area (Å²) in [5.41, 5.74) is 1.23. The number of thiophene rings is 1. The molecule has 1 heterocycles. The highest BCUT2D eigenvalue weighted by Gasteiger charge is 2.34. The topological polar surface area (TPSA) is 87.7 Å². The third-order valence-electron chi connectivity index (χ3n) is 6.09. The molecule has 1 aliphatic carbocycles. The van der Waals surface area contributed by atoms with Gasteiger partial charge in [-0.2, -0.15) is 0 Å². The lowest BCUT2D eigenvalue weighted by molar-refractivity contribution is -0.126. The zero-order valence-corrected chi connectivity index (χ0v) is 20.4. The highest BCUT2D eigenvalue weighted by Crippen LogP contribution is 2.30. The van der Waals surface area contributed by atoms with Crippen LogP contribution in [0, 0.1) is 0 Å². The Balaban J connectivity index is 1.66. The van der Waals surface area contributed by atoms with Crippen LogP contribution in [0.4, 0.5) is 5.69 Å². The van der Waals surface area contributed by atoms with Crippen molar-refractivity contribution in [2.75, 3.05) is 18.6 Å². The number of hydrogen-bond donors (Lipinski definition) is 2. The van der Waals surface area contributed by atoms with Crippen LogP contribution in [0.1, 0.15) is 47.0 Å². The van der Waals surface area contributed by atoms with Crippen LogP contribution < -0.4 is 20.3 Å². The van der Waals surface area contributed by atoms with E-state index in [4.69, 9.17) is 4.74 Å². The van der Waals surface area contributed by atoms with Crippen LogP contribution in [0.15, 0.2) is 72.1 Å². The fourth-order valence-corrected chi connectivity index (χ4v) is 4.96. The van der Waals surface area contributed by atoms with E-state index in [-0.39, 0.29) is 24.4 Å². The number of nitrogens with one attached hydrogen (secondary N) is 2. The van der Waals surface area contributed by atoms with Crippen LogP contribution in [0.25, 0.3) is 0 Å². The molecule has 182 valence electrons. The second-order valence-corrected chi connectivity index (χ2v) is 9.37. The van der Waals surface area contributed by atoms with Gasteiger partial charge in [0, 0.05) is 11.7 Å². The summed E-state index contributed by atoms with van der Waals surface area (Å²) in [6.07, 6.45) is 4.02. The van der Waals surface area contributed by atoms with Gasteiger partial charge < -0.3 is 15.4 Å². The first-order valence-corrected chi connectivity index (χ1v) is 12.6. The van der Waals surface area contributed by atoms with E-state index in [2.05, 4.69) is 10.6 Å². The van der Waals surface area contributed by atoms with Gasteiger partial charge in [0.05, 0.1) is 18.5 Å². The number of amides is 3. The van der Waals surface area contributed by atoms with Gasteiger partial charge >= 0.3 is 0 Å². The van der Waals surface area contributed by atoms with Crippen LogP contribution in [-0.4, -0.2) is 37.4 Å². The van der Waals surface area contributed by atoms with Crippen molar-refractivity contribution in [1.29, 1.82) is 0 Å². The minimum absolute atomic E-state index is 0.0973. The van der Waals surface area contributed by atoms with Gasteiger partial charge in [-0.25, -0.2) is 0 Å². The highest BCUT2D eigenvalue weighted by molar-refractivity contribution is 7.12. The Kier molecular flexibility index (Phi) is 8.15. The smallest absolute Gasteiger partial charge is 0.261 e. The van der Waals surface area contributed by atoms with Crippen LogP contribution in [0.3, 0.4) is 0 Å². The number of rotatable bonds is 9. The van der Waals surface area contributed by atoms with Crippen molar-refractivity contribution < 1.29 is 19.1 Å². The van der Waals surface area contributed by atoms with Crippen molar-refractivity contribution in [2.45, 2.75) is 37.8 Å². The third-order valence-corrected chi connectivity index (χ3v) is 6.96. The van der Waals surface area contributed by atoms with E-state index in [1.807, 2.05) is 30.3 Å². The molecule has 0 radical (unpaired) electrons. The lowest BCUT2D eigenvalue weighted by Crippen LogP contribution is -2.49. The summed E-state index contributed by atoms with van der Waals surface area (Å²) in [5.74, 6) is -0.319. The average molecular weight is 492 g/mol. The molecule has 0 spiro atoms. The molecule has 3 amide bonds. The van der Waals surface area contributed by atoms with Crippen molar-refractivity contribution in [1.82, 2.24) is 10.6 Å². The van der Waals surface area contributed by atoms with Gasteiger partial charge in [-0.3, -0.25) is 19.3 Å². The second-order valence-electron chi connectivity index (χ2n) is 8.42. The maximum absolute atomic E-state index is 13.7. The Morgan fingerprint density at radius 2 is 1.71 bits per heavy atom. The van der Waals surface area contributed by atoms with Crippen molar-refractivity contribution >= 4 is 34.7 Å². The number of ether oxygens (including phenoxy) is 1. The van der Waals surface area contributed by atoms with Crippen molar-refractivity contribution in [3.8, 4) is 5.75 Å². The first-order valence-electron chi connectivity index (χ1n) is 11.7. The number of benzene rings is 2. The van der Waals surface area contributed by atoms with Crippen LogP contribution in [0.5, 0.6) is 5.75 Å². The molecule has 4 rings (SSSR count). The molecule has 1 aliphatic rings. The fourth-order valence-electron chi connectivity index (χ4n) is 4.32. The quantitative estimate of drug-likeness (QED) is 0.467. The molecule has 2 N–H and O–H groups in total. The molecular weight excluding hydrogens is 462 g/mol. The molecule has 8 heteroatoms. The Labute approximate surface area is 209 Å². The molecule has 0 unspecified atom stereocenters. The summed E-state index contributed by atoms with van der Waals surface area (Å²) in [6.45, 7) is -0.247. The Morgan fingerprint density at radius 3 is 2.34 bits per heavy atom. The normalized spacial score (nSPS) is 14.2. The molecule has 1 fully saturated rings. The molecule has 35 heavy (non-hydrogen) atoms. The number of anilines is 1. The SMILES string of the molecule is COc1ccc(N(C(=O)CNC(=O)c2cccs2)[C@@H](C(=O)NC2CCCC2)c2ccccc2)cc1. The van der Waals surface area contributed by atoms with E-state index >= 15 is 0 Å². The molecule has 1 atom stereocenters. The van der Waals surface area contributed by atoms with Gasteiger partial charge in [-0.05, 0) is 54.1 Å². The van der Waals surface area contributed by atoms with Crippen LogP contribution in [0.2, 0.25) is 0 Å². The standard InChI is InChI=1S/C27H29N3O4S/c1-34-22-15-13-21(14-16-22)30(24(31)18-28-26(32)23-12-7-17-35-23)25(19-8-3-2-4-9-19)27(33)29-20-10-5-6-11-20/h2-4,7-9,12-17,20,25H,5-6,10-11,18H2,1H3,(H,28,32)(H,29,33)/t25-/m1/s1. The summed E-state index contributed by atoms with van der Waals surface area (Å²) in [4.78, 5) is 41.8. The molecule has 2 aromatic carbocycles. The predicted octanol–water partition coefficient (Wildman–Crippen LogP) is 4.32. The van der Waals surface area contributed by atoms with E-state index in [0.717, 1.165) is 25.7 Å². The first-order chi connectivity index (χ1) is 17.1. The molecule has 0 saturated heterocycles. The monoisotopic (exact) mass is 491 g/mol. The number of carbonyl (C=O) groups excluding carboxylic acids is 3. The van der Waals surface area contributed by atoms with Crippen LogP contribution in [-0.2, 0) is 9.59 Å². The number of hydrogen-bond acceptors (Lipinski definition) is 5. The molecule has 7 nitrogen and oxygen atoms in total. The minimum atomic E-state index is -0.892. The summed E-state index contributed by atoms with van der Waals surface area (Å²) < 4.78 is 5.27. The molecule has 0 bridgehead atoms. The van der Waals surface area contributed by atoms with Gasteiger partial charge in [-0.15, -0.1) is 11.3 Å². The van der Waals surface area contributed by atoms with Gasteiger partial charge in [0.2, 0.25) is 11.8 Å². The van der Waals surface area contributed by atoms with E-state index in [1.54, 1.807) is 48.9 Å². The molecule has 1 aromatic heterocycles. The minimum Gasteiger partial charge on any atom is -0.497 e. The van der Waals surface area contributed by atoms with Crippen molar-refractivity contribution in [3.63, 3.8) is 0 Å². The molecular formula is C27H29N3O4S. The Hall–Kier alpha value is -3.65. The molecule has 3 aromatic rings. The lowest BCUT2D eigenvalue weighted by atomic mass is 10.0. The van der Waals surface area contributed by atoms with Crippen molar-refractivity contribution in [3.05, 3.63) is 82.6 Å². The summed E-state index contributed by atoms with van der Waals surface area (Å²) >= 11 is 1.30. The molecule has 0 aliphatic heterocycles. The maximum Gasteiger partial charge on any atom is 0.261 e. The summed E-state index contributed by atoms with van der Waals surface area (Å²) in [5, 5.41) is 7.65. The maximum atomic E-state index is 13.7. The Morgan fingerprint density at radius 1 is 1.00 bits per heavy atom. The lowest BCUT2D eigenvalue weighted by Gasteiger charge is -2.32. The summed E-state index contributed by atoms with van der Waals surface area (Å²) in [7, 11) is 1.57. The summed E-state index contributed by atoms with van der Waals surface area (Å²) in [6, 6.07) is 18.9. The van der Waals surface area contributed by atoms with Crippen LogP contribution >= 0.6 is 11.3 Å².